The van der Waals surface area contributed by atoms with Crippen LogP contribution >= 0.6 is 11.6 Å². The van der Waals surface area contributed by atoms with Crippen molar-refractivity contribution in [2.24, 2.45) is 10.8 Å². The highest BCUT2D eigenvalue weighted by atomic mass is 35.5. The molecule has 0 N–H and O–H groups in total. The molecule has 5 rings (SSSR count). The van der Waals surface area contributed by atoms with Gasteiger partial charge in [0.2, 0.25) is 0 Å². The maximum absolute atomic E-state index is 13.8. The molecule has 0 fully saturated rings. The quantitative estimate of drug-likeness (QED) is 0.448. The molecule has 0 unspecified atom stereocenters. The first-order valence-corrected chi connectivity index (χ1v) is 12.9. The third-order valence-corrected chi connectivity index (χ3v) is 7.94. The summed E-state index contributed by atoms with van der Waals surface area (Å²) in [6.45, 7) is 11.4. The van der Waals surface area contributed by atoms with E-state index < -0.39 is 0 Å². The fourth-order valence-corrected chi connectivity index (χ4v) is 6.23. The van der Waals surface area contributed by atoms with E-state index in [1.807, 2.05) is 24.3 Å². The average Bonchev–Trinajstić information content (AvgIpc) is 2.75. The van der Waals surface area contributed by atoms with Crippen molar-refractivity contribution in [1.29, 1.82) is 0 Å². The lowest BCUT2D eigenvalue weighted by atomic mass is 9.63. The summed E-state index contributed by atoms with van der Waals surface area (Å²) in [7, 11) is 0. The monoisotopic (exact) mass is 487 g/mol. The SMILES string of the molecule is Cc1ccc(C2C3=C(CC(C)(C)CC3=O)N(Cc3ccc(Cl)cc3)C3=C2C(=O)CC(C)(C)C3)cc1. The second-order valence-electron chi connectivity index (χ2n) is 12.2. The Labute approximate surface area is 213 Å². The minimum absolute atomic E-state index is 0.127. The molecule has 182 valence electrons. The molecule has 2 aromatic rings. The maximum atomic E-state index is 13.8. The molecule has 3 aliphatic rings. The van der Waals surface area contributed by atoms with E-state index in [1.165, 1.54) is 5.56 Å². The van der Waals surface area contributed by atoms with Crippen molar-refractivity contribution in [1.82, 2.24) is 4.90 Å². The summed E-state index contributed by atoms with van der Waals surface area (Å²) in [6.07, 6.45) is 2.64. The van der Waals surface area contributed by atoms with Crippen molar-refractivity contribution in [2.75, 3.05) is 0 Å². The fourth-order valence-electron chi connectivity index (χ4n) is 6.10. The van der Waals surface area contributed by atoms with Gasteiger partial charge in [-0.15, -0.1) is 0 Å². The molecule has 0 bridgehead atoms. The van der Waals surface area contributed by atoms with E-state index in [4.69, 9.17) is 11.6 Å². The molecule has 1 aliphatic heterocycles. The Hall–Kier alpha value is -2.65. The number of allylic oxidation sites excluding steroid dienone is 4. The second kappa shape index (κ2) is 8.48. The molecule has 35 heavy (non-hydrogen) atoms. The number of rotatable bonds is 3. The number of carbonyl (C=O) groups excluding carboxylic acids is 2. The first-order chi connectivity index (χ1) is 16.4. The third kappa shape index (κ3) is 4.51. The van der Waals surface area contributed by atoms with Crippen LogP contribution in [0.15, 0.2) is 71.1 Å². The van der Waals surface area contributed by atoms with Gasteiger partial charge in [0.05, 0.1) is 0 Å². The van der Waals surface area contributed by atoms with Crippen LogP contribution in [-0.4, -0.2) is 16.5 Å². The minimum atomic E-state index is -0.283. The zero-order valence-corrected chi connectivity index (χ0v) is 22.1. The molecule has 0 spiro atoms. The van der Waals surface area contributed by atoms with Gasteiger partial charge in [0.15, 0.2) is 11.6 Å². The number of carbonyl (C=O) groups is 2. The molecular formula is C31H34ClNO2. The lowest BCUT2D eigenvalue weighted by Crippen LogP contribution is -2.44. The van der Waals surface area contributed by atoms with Crippen LogP contribution in [0.25, 0.3) is 0 Å². The van der Waals surface area contributed by atoms with Crippen LogP contribution < -0.4 is 0 Å². The third-order valence-electron chi connectivity index (χ3n) is 7.69. The van der Waals surface area contributed by atoms with E-state index in [2.05, 4.69) is 63.8 Å². The molecule has 0 aromatic heterocycles. The molecule has 0 saturated carbocycles. The van der Waals surface area contributed by atoms with Gasteiger partial charge in [-0.1, -0.05) is 81.3 Å². The van der Waals surface area contributed by atoms with Gasteiger partial charge < -0.3 is 4.90 Å². The van der Waals surface area contributed by atoms with Crippen molar-refractivity contribution in [3.63, 3.8) is 0 Å². The zero-order valence-electron chi connectivity index (χ0n) is 21.4. The first kappa shape index (κ1) is 24.1. The lowest BCUT2D eigenvalue weighted by Gasteiger charge is -2.49. The van der Waals surface area contributed by atoms with Crippen LogP contribution in [0, 0.1) is 17.8 Å². The van der Waals surface area contributed by atoms with Gasteiger partial charge in [0, 0.05) is 52.9 Å². The summed E-state index contributed by atoms with van der Waals surface area (Å²) >= 11 is 6.17. The van der Waals surface area contributed by atoms with E-state index in [9.17, 15) is 9.59 Å². The van der Waals surface area contributed by atoms with Gasteiger partial charge in [-0.05, 0) is 53.9 Å². The number of nitrogens with zero attached hydrogens (tertiary/aromatic N) is 1. The lowest BCUT2D eigenvalue weighted by molar-refractivity contribution is -0.119. The molecule has 1 heterocycles. The highest BCUT2D eigenvalue weighted by Gasteiger charge is 2.48. The molecule has 2 aromatic carbocycles. The van der Waals surface area contributed by atoms with E-state index in [1.54, 1.807) is 0 Å². The minimum Gasteiger partial charge on any atom is -0.343 e. The normalized spacial score (nSPS) is 21.8. The van der Waals surface area contributed by atoms with Crippen molar-refractivity contribution in [3.05, 3.63) is 92.8 Å². The summed E-state index contributed by atoms with van der Waals surface area (Å²) in [5, 5.41) is 0.703. The summed E-state index contributed by atoms with van der Waals surface area (Å²) in [5.74, 6) is 0.0634. The van der Waals surface area contributed by atoms with Crippen LogP contribution in [-0.2, 0) is 16.1 Å². The first-order valence-electron chi connectivity index (χ1n) is 12.6. The summed E-state index contributed by atoms with van der Waals surface area (Å²) in [5.41, 5.74) is 6.92. The molecule has 3 nitrogen and oxygen atoms in total. The van der Waals surface area contributed by atoms with Crippen molar-refractivity contribution in [3.8, 4) is 0 Å². The molecule has 0 amide bonds. The fraction of sp³-hybridized carbons (Fsp3) is 0.419. The van der Waals surface area contributed by atoms with Gasteiger partial charge >= 0.3 is 0 Å². The number of hydrogen-bond acceptors (Lipinski definition) is 3. The van der Waals surface area contributed by atoms with Crippen LogP contribution in [0.3, 0.4) is 0 Å². The molecule has 2 aliphatic carbocycles. The molecule has 0 saturated heterocycles. The highest BCUT2D eigenvalue weighted by molar-refractivity contribution is 6.30. The van der Waals surface area contributed by atoms with Crippen LogP contribution in [0.1, 0.15) is 76.0 Å². The predicted octanol–water partition coefficient (Wildman–Crippen LogP) is 7.53. The van der Waals surface area contributed by atoms with Crippen LogP contribution in [0.5, 0.6) is 0 Å². The zero-order chi connectivity index (χ0) is 25.1. The van der Waals surface area contributed by atoms with Gasteiger partial charge in [-0.2, -0.15) is 0 Å². The molecular weight excluding hydrogens is 454 g/mol. The van der Waals surface area contributed by atoms with Crippen molar-refractivity contribution in [2.45, 2.75) is 72.8 Å². The molecule has 0 radical (unpaired) electrons. The second-order valence-corrected chi connectivity index (χ2v) is 12.6. The Morgan fingerprint density at radius 1 is 0.771 bits per heavy atom. The van der Waals surface area contributed by atoms with Gasteiger partial charge in [0.1, 0.15) is 0 Å². The van der Waals surface area contributed by atoms with E-state index >= 15 is 0 Å². The van der Waals surface area contributed by atoms with E-state index in [0.29, 0.717) is 24.4 Å². The number of hydrogen-bond donors (Lipinski definition) is 0. The highest BCUT2D eigenvalue weighted by Crippen LogP contribution is 2.54. The van der Waals surface area contributed by atoms with Crippen LogP contribution in [0.4, 0.5) is 0 Å². The smallest absolute Gasteiger partial charge is 0.162 e. The van der Waals surface area contributed by atoms with Crippen LogP contribution in [0.2, 0.25) is 5.02 Å². The number of Topliss-reactive ketones (excluding diaryl/α,β-unsaturated/α-hetero) is 2. The Bertz CT molecular complexity index is 1210. The Balaban J connectivity index is 1.75. The van der Waals surface area contributed by atoms with E-state index in [-0.39, 0.29) is 28.3 Å². The van der Waals surface area contributed by atoms with Gasteiger partial charge in [-0.25, -0.2) is 0 Å². The molecule has 4 heteroatoms. The largest absolute Gasteiger partial charge is 0.343 e. The van der Waals surface area contributed by atoms with Crippen molar-refractivity contribution >= 4 is 23.2 Å². The standard InChI is InChI=1S/C31H34ClNO2/c1-19-6-10-21(11-7-19)27-28-23(14-30(2,3)16-25(28)34)33(18-20-8-12-22(32)13-9-20)24-15-31(4,5)17-26(35)29(24)27/h6-13,27H,14-18H2,1-5H3. The number of aryl methyl sites for hydroxylation is 1. The van der Waals surface area contributed by atoms with E-state index in [0.717, 1.165) is 46.5 Å². The average molecular weight is 488 g/mol. The number of ketones is 2. The maximum Gasteiger partial charge on any atom is 0.162 e. The number of benzene rings is 2. The molecule has 0 atom stereocenters. The summed E-state index contributed by atoms with van der Waals surface area (Å²) < 4.78 is 0. The summed E-state index contributed by atoms with van der Waals surface area (Å²) in [4.78, 5) is 29.9. The predicted molar refractivity (Wildman–Crippen MR) is 141 cm³/mol. The Kier molecular flexibility index (Phi) is 5.83. The topological polar surface area (TPSA) is 37.4 Å². The van der Waals surface area contributed by atoms with Gasteiger partial charge in [0.25, 0.3) is 0 Å². The Morgan fingerprint density at radius 3 is 1.74 bits per heavy atom. The number of halogens is 1. The van der Waals surface area contributed by atoms with Crippen molar-refractivity contribution < 1.29 is 9.59 Å². The van der Waals surface area contributed by atoms with Gasteiger partial charge in [-0.3, -0.25) is 9.59 Å². The summed E-state index contributed by atoms with van der Waals surface area (Å²) in [6, 6.07) is 16.3. The Morgan fingerprint density at radius 2 is 1.26 bits per heavy atom.